The standard InChI is InChI=1S/C21H25N3O.C20H23ClN2O2.C16H17ClN2O2.C15H13Cl2NO3.C14H12ClNO2/c1-17-6-5-7-18(16-17)10-11-21(25)22-19-8-3-4-9-20(19)24-14-12-23(2)13-15-24;1-25-19-10-7-16(21)13-18(19)20(24)22-17-8-5-15(6-9-17)14-23-11-3-2-4-12-23;1-19(2)13-7-5-12(6-8-13)18-16(20)14-10-11(17)4-9-15(14)21-3;1-20-11-5-3-10(4-6-11)18-15(19)12-7-9(16)8-13(17)14(12)21-2;1-18-13-8-7-10(15)9-12(13)14(17)16-11-5-3-2-4-6-11/h3-11,16H,12-15H2,1-2H3,(H,22,25);5-10,13H,2-4,11-12,14H2,1H3,(H,22,24);4-10H,1-3H3,(H,18,20);3-8H,1-2H3,(H,18,19);2-9H,1H3,(H,16,17)/b11-10+;;;;. The number of anilines is 7. The van der Waals surface area contributed by atoms with Crippen LogP contribution in [0.5, 0.6) is 28.7 Å². The van der Waals surface area contributed by atoms with Crippen molar-refractivity contribution in [1.82, 2.24) is 9.80 Å². The molecule has 12 rings (SSSR count). The molecule has 0 aliphatic carbocycles. The van der Waals surface area contributed by atoms with Crippen LogP contribution >= 0.6 is 58.0 Å². The van der Waals surface area contributed by atoms with E-state index in [0.717, 1.165) is 66.7 Å². The fraction of sp³-hybridized carbons (Fsp3) is 0.221. The lowest BCUT2D eigenvalue weighted by atomic mass is 10.1. The number of carbonyl (C=O) groups excluding carboxylic acids is 5. The summed E-state index contributed by atoms with van der Waals surface area (Å²) < 4.78 is 25.8. The molecule has 2 fully saturated rings. The molecular formula is C86H90Cl5N9O10. The van der Waals surface area contributed by atoms with Crippen LogP contribution in [-0.4, -0.2) is 135 Å². The molecule has 0 radical (unpaired) electrons. The van der Waals surface area contributed by atoms with Crippen LogP contribution in [0.2, 0.25) is 25.1 Å². The summed E-state index contributed by atoms with van der Waals surface area (Å²) in [6.45, 7) is 9.39. The largest absolute Gasteiger partial charge is 0.497 e. The van der Waals surface area contributed by atoms with Crippen LogP contribution in [0.4, 0.5) is 39.8 Å². The maximum atomic E-state index is 12.5. The monoisotopic (exact) mass is 1580 g/mol. The molecule has 10 aromatic carbocycles. The molecule has 2 saturated heterocycles. The van der Waals surface area contributed by atoms with Gasteiger partial charge in [0.2, 0.25) is 5.91 Å². The van der Waals surface area contributed by atoms with E-state index in [-0.39, 0.29) is 45.9 Å². The van der Waals surface area contributed by atoms with E-state index in [4.69, 9.17) is 81.7 Å². The van der Waals surface area contributed by atoms with Crippen LogP contribution in [0.25, 0.3) is 6.08 Å². The number of benzene rings is 10. The van der Waals surface area contributed by atoms with E-state index in [2.05, 4.69) is 72.6 Å². The lowest BCUT2D eigenvalue weighted by Gasteiger charge is -2.35. The zero-order valence-electron chi connectivity index (χ0n) is 62.8. The van der Waals surface area contributed by atoms with Gasteiger partial charge in [0.25, 0.3) is 23.6 Å². The fourth-order valence-electron chi connectivity index (χ4n) is 11.4. The number of aryl methyl sites for hydroxylation is 1. The molecule has 0 spiro atoms. The lowest BCUT2D eigenvalue weighted by molar-refractivity contribution is -0.111. The summed E-state index contributed by atoms with van der Waals surface area (Å²) >= 11 is 29.8. The third-order valence-electron chi connectivity index (χ3n) is 17.2. The van der Waals surface area contributed by atoms with Crippen LogP contribution in [0, 0.1) is 6.92 Å². The van der Waals surface area contributed by atoms with Gasteiger partial charge in [-0.1, -0.05) is 137 Å². The molecule has 0 saturated carbocycles. The van der Waals surface area contributed by atoms with Gasteiger partial charge in [-0.05, 0) is 209 Å². The van der Waals surface area contributed by atoms with Gasteiger partial charge in [-0.2, -0.15) is 0 Å². The highest BCUT2D eigenvalue weighted by atomic mass is 35.5. The van der Waals surface area contributed by atoms with Gasteiger partial charge >= 0.3 is 0 Å². The summed E-state index contributed by atoms with van der Waals surface area (Å²) in [5.74, 6) is 1.27. The smallest absolute Gasteiger partial charge is 0.259 e. The van der Waals surface area contributed by atoms with E-state index in [0.29, 0.717) is 71.2 Å². The number of piperidine rings is 1. The zero-order valence-corrected chi connectivity index (χ0v) is 66.6. The number of carbonyl (C=O) groups is 5. The number of para-hydroxylation sites is 3. The number of likely N-dealkylation sites (tertiary alicyclic amines) is 1. The molecule has 24 heteroatoms. The number of nitrogens with one attached hydrogen (secondary N) is 5. The number of hydrogen-bond acceptors (Lipinski definition) is 14. The maximum Gasteiger partial charge on any atom is 0.259 e. The number of halogens is 5. The first-order chi connectivity index (χ1) is 53.0. The number of amides is 5. The Morgan fingerprint density at radius 3 is 1.38 bits per heavy atom. The summed E-state index contributed by atoms with van der Waals surface area (Å²) in [5.41, 5.74) is 10.8. The predicted molar refractivity (Wildman–Crippen MR) is 450 cm³/mol. The van der Waals surface area contributed by atoms with Crippen LogP contribution in [0.15, 0.2) is 224 Å². The van der Waals surface area contributed by atoms with Crippen molar-refractivity contribution >= 4 is 133 Å². The average Bonchev–Trinajstić information content (AvgIpc) is 0.967. The predicted octanol–water partition coefficient (Wildman–Crippen LogP) is 19.5. The molecule has 2 aliphatic rings. The highest BCUT2D eigenvalue weighted by molar-refractivity contribution is 6.36. The molecular weight excluding hydrogens is 1500 g/mol. The SMILES string of the molecule is COc1ccc(Cl)cc1C(=O)Nc1ccc(CN2CCCCC2)cc1.COc1ccc(Cl)cc1C(=O)Nc1ccc(N(C)C)cc1.COc1ccc(Cl)cc1C(=O)Nc1ccccc1.COc1ccc(NC(=O)c2cc(Cl)cc(Cl)c2OC)cc1.Cc1cccc(/C=C/C(=O)Nc2ccccc2N2CCN(C)CC2)c1. The Hall–Kier alpha value is -10.7. The average molecular weight is 1590 g/mol. The van der Waals surface area contributed by atoms with Crippen molar-refractivity contribution < 1.29 is 47.7 Å². The number of hydrogen-bond donors (Lipinski definition) is 5. The minimum absolute atomic E-state index is 0.108. The Bertz CT molecular complexity index is 4720. The molecule has 574 valence electrons. The second kappa shape index (κ2) is 43.5. The molecule has 0 unspecified atom stereocenters. The van der Waals surface area contributed by atoms with Crippen molar-refractivity contribution in [3.8, 4) is 28.7 Å². The van der Waals surface area contributed by atoms with Crippen molar-refractivity contribution in [1.29, 1.82) is 0 Å². The number of piperazine rings is 1. The Labute approximate surface area is 668 Å². The second-order valence-corrected chi connectivity index (χ2v) is 27.6. The Morgan fingerprint density at radius 1 is 0.436 bits per heavy atom. The molecule has 0 atom stereocenters. The number of rotatable bonds is 20. The Kier molecular flexibility index (Phi) is 33.5. The van der Waals surface area contributed by atoms with Crippen LogP contribution < -0.4 is 60.1 Å². The van der Waals surface area contributed by atoms with E-state index >= 15 is 0 Å². The van der Waals surface area contributed by atoms with Gasteiger partial charge in [0.15, 0.2) is 0 Å². The van der Waals surface area contributed by atoms with E-state index < -0.39 is 0 Å². The molecule has 2 heterocycles. The minimum Gasteiger partial charge on any atom is -0.497 e. The first-order valence-corrected chi connectivity index (χ1v) is 37.1. The normalized spacial score (nSPS) is 12.4. The summed E-state index contributed by atoms with van der Waals surface area (Å²) in [5, 5.41) is 16.4. The summed E-state index contributed by atoms with van der Waals surface area (Å²) in [6.07, 6.45) is 7.36. The molecule has 10 aromatic rings. The molecule has 19 nitrogen and oxygen atoms in total. The fourth-order valence-corrected chi connectivity index (χ4v) is 12.5. The van der Waals surface area contributed by atoms with Crippen molar-refractivity contribution in [2.75, 3.05) is 132 Å². The van der Waals surface area contributed by atoms with Gasteiger partial charge in [-0.15, -0.1) is 0 Å². The number of methoxy groups -OCH3 is 5. The third kappa shape index (κ3) is 26.5. The Balaban J connectivity index is 0.000000174. The first-order valence-electron chi connectivity index (χ1n) is 35.2. The van der Waals surface area contributed by atoms with Crippen LogP contribution in [0.1, 0.15) is 77.4 Å². The van der Waals surface area contributed by atoms with Crippen molar-refractivity contribution in [3.63, 3.8) is 0 Å². The Morgan fingerprint density at radius 2 is 0.900 bits per heavy atom. The molecule has 5 N–H and O–H groups in total. The third-order valence-corrected chi connectivity index (χ3v) is 18.4. The van der Waals surface area contributed by atoms with Gasteiger partial charge in [-0.3, -0.25) is 28.9 Å². The molecule has 0 aromatic heterocycles. The van der Waals surface area contributed by atoms with Crippen LogP contribution in [-0.2, 0) is 11.3 Å². The molecule has 5 amide bonds. The second-order valence-electron chi connectivity index (χ2n) is 25.4. The molecule has 0 bridgehead atoms. The maximum absolute atomic E-state index is 12.5. The number of ether oxygens (including phenoxy) is 5. The summed E-state index contributed by atoms with van der Waals surface area (Å²) in [7, 11) is 13.7. The number of nitrogens with zero attached hydrogens (tertiary/aromatic N) is 4. The van der Waals surface area contributed by atoms with E-state index in [1.165, 1.54) is 84.1 Å². The van der Waals surface area contributed by atoms with Crippen molar-refractivity contribution in [2.24, 2.45) is 0 Å². The summed E-state index contributed by atoms with van der Waals surface area (Å²) in [4.78, 5) is 70.7. The van der Waals surface area contributed by atoms with Gasteiger partial charge in [0.1, 0.15) is 28.7 Å². The van der Waals surface area contributed by atoms with Gasteiger partial charge in [-0.25, -0.2) is 0 Å². The highest BCUT2D eigenvalue weighted by Crippen LogP contribution is 2.34. The van der Waals surface area contributed by atoms with E-state index in [9.17, 15) is 24.0 Å². The summed E-state index contributed by atoms with van der Waals surface area (Å²) in [6, 6.07) is 65.8. The topological polar surface area (TPSA) is 205 Å². The molecule has 110 heavy (non-hydrogen) atoms. The quantitative estimate of drug-likeness (QED) is 0.0451. The first kappa shape index (κ1) is 84.9. The van der Waals surface area contributed by atoms with Crippen molar-refractivity contribution in [3.05, 3.63) is 289 Å². The van der Waals surface area contributed by atoms with E-state index in [1.54, 1.807) is 92.0 Å². The highest BCUT2D eigenvalue weighted by Gasteiger charge is 2.21. The van der Waals surface area contributed by atoms with Gasteiger partial charge < -0.3 is 65.0 Å². The lowest BCUT2D eigenvalue weighted by Crippen LogP contribution is -2.44. The number of likely N-dealkylation sites (N-methyl/N-ethyl adjacent to an activating group) is 1. The van der Waals surface area contributed by atoms with Crippen molar-refractivity contribution in [2.45, 2.75) is 32.7 Å². The van der Waals surface area contributed by atoms with Gasteiger partial charge in [0.05, 0.1) is 74.2 Å². The van der Waals surface area contributed by atoms with E-state index in [1.807, 2.05) is 135 Å². The van der Waals surface area contributed by atoms with Gasteiger partial charge in [0, 0.05) is 101 Å². The molecule has 2 aliphatic heterocycles. The zero-order chi connectivity index (χ0) is 79.1. The van der Waals surface area contributed by atoms with Crippen LogP contribution in [0.3, 0.4) is 0 Å². The minimum atomic E-state index is -0.360.